The fourth-order valence-corrected chi connectivity index (χ4v) is 3.01. The number of benzene rings is 1. The summed E-state index contributed by atoms with van der Waals surface area (Å²) < 4.78 is 13.7. The molecule has 0 saturated carbocycles. The van der Waals surface area contributed by atoms with E-state index in [-0.39, 0.29) is 11.7 Å². The zero-order valence-electron chi connectivity index (χ0n) is 10.6. The molecule has 2 nitrogen and oxygen atoms in total. The summed E-state index contributed by atoms with van der Waals surface area (Å²) in [4.78, 5) is 12.9. The summed E-state index contributed by atoms with van der Waals surface area (Å²) in [5.74, 6) is -0.477. The van der Waals surface area contributed by atoms with E-state index in [1.807, 2.05) is 18.4 Å². The number of halogens is 2. The Kier molecular flexibility index (Phi) is 4.37. The van der Waals surface area contributed by atoms with Crippen LogP contribution < -0.4 is 5.32 Å². The fourth-order valence-electron chi connectivity index (χ4n) is 1.77. The molecule has 0 unspecified atom stereocenters. The van der Waals surface area contributed by atoms with E-state index in [4.69, 9.17) is 0 Å². The predicted molar refractivity (Wildman–Crippen MR) is 80.5 cm³/mol. The lowest BCUT2D eigenvalue weighted by Gasteiger charge is -2.09. The number of rotatable bonds is 3. The van der Waals surface area contributed by atoms with E-state index in [1.54, 1.807) is 13.0 Å². The first-order valence-electron chi connectivity index (χ1n) is 5.86. The Morgan fingerprint density at radius 2 is 2.21 bits per heavy atom. The number of amides is 1. The number of thiophene rings is 1. The Labute approximate surface area is 123 Å². The molecule has 0 fully saturated rings. The van der Waals surface area contributed by atoms with E-state index in [1.165, 1.54) is 17.4 Å². The summed E-state index contributed by atoms with van der Waals surface area (Å²) in [6.45, 7) is 3.78. The average molecular weight is 342 g/mol. The van der Waals surface area contributed by atoms with Gasteiger partial charge in [0.25, 0.3) is 5.91 Å². The zero-order valence-corrected chi connectivity index (χ0v) is 13.0. The summed E-state index contributed by atoms with van der Waals surface area (Å²) in [5.41, 5.74) is 2.35. The van der Waals surface area contributed by atoms with E-state index in [0.29, 0.717) is 20.6 Å². The van der Waals surface area contributed by atoms with Crippen LogP contribution in [0.3, 0.4) is 0 Å². The second-order valence-electron chi connectivity index (χ2n) is 4.16. The summed E-state index contributed by atoms with van der Waals surface area (Å²) in [7, 11) is 0. The van der Waals surface area contributed by atoms with Crippen molar-refractivity contribution in [2.24, 2.45) is 0 Å². The lowest BCUT2D eigenvalue weighted by atomic mass is 10.1. The third kappa shape index (κ3) is 3.04. The van der Waals surface area contributed by atoms with Crippen LogP contribution in [0.1, 0.15) is 27.7 Å². The van der Waals surface area contributed by atoms with Gasteiger partial charge >= 0.3 is 0 Å². The molecule has 1 heterocycles. The molecule has 2 rings (SSSR count). The molecule has 0 radical (unpaired) electrons. The van der Waals surface area contributed by atoms with E-state index in [0.717, 1.165) is 12.0 Å². The van der Waals surface area contributed by atoms with Gasteiger partial charge in [-0.3, -0.25) is 4.79 Å². The summed E-state index contributed by atoms with van der Waals surface area (Å²) in [6.07, 6.45) is 0.818. The number of hydrogen-bond acceptors (Lipinski definition) is 2. The Morgan fingerprint density at radius 3 is 2.89 bits per heavy atom. The molecule has 0 spiro atoms. The maximum atomic E-state index is 13.3. The molecule has 0 atom stereocenters. The predicted octanol–water partition coefficient (Wildman–Crippen LogP) is 4.77. The van der Waals surface area contributed by atoms with Gasteiger partial charge in [-0.2, -0.15) is 0 Å². The molecule has 1 aromatic carbocycles. The first kappa shape index (κ1) is 14.2. The van der Waals surface area contributed by atoms with Gasteiger partial charge in [0, 0.05) is 5.69 Å². The minimum Gasteiger partial charge on any atom is -0.321 e. The second kappa shape index (κ2) is 5.84. The number of aryl methyl sites for hydroxylation is 2. The Bertz CT molecular complexity index is 624. The van der Waals surface area contributed by atoms with E-state index in [9.17, 15) is 9.18 Å². The van der Waals surface area contributed by atoms with Crippen LogP contribution in [0.5, 0.6) is 0 Å². The second-order valence-corrected chi connectivity index (χ2v) is 5.93. The minimum atomic E-state index is -0.333. The van der Waals surface area contributed by atoms with Gasteiger partial charge in [-0.25, -0.2) is 4.39 Å². The van der Waals surface area contributed by atoms with Crippen molar-refractivity contribution < 1.29 is 9.18 Å². The van der Waals surface area contributed by atoms with Crippen molar-refractivity contribution in [1.29, 1.82) is 0 Å². The molecule has 0 aliphatic carbocycles. The summed E-state index contributed by atoms with van der Waals surface area (Å²) in [5, 5.41) is 4.73. The number of carbonyl (C=O) groups excluding carboxylic acids is 1. The molecule has 0 saturated heterocycles. The van der Waals surface area contributed by atoms with Crippen molar-refractivity contribution in [2.45, 2.75) is 20.3 Å². The van der Waals surface area contributed by atoms with Crippen LogP contribution in [0.2, 0.25) is 0 Å². The van der Waals surface area contributed by atoms with E-state index < -0.39 is 0 Å². The molecule has 0 aliphatic rings. The highest BCUT2D eigenvalue weighted by Gasteiger charge is 2.14. The first-order chi connectivity index (χ1) is 9.02. The van der Waals surface area contributed by atoms with Crippen LogP contribution in [0.15, 0.2) is 28.1 Å². The topological polar surface area (TPSA) is 29.1 Å². The number of carbonyl (C=O) groups is 1. The fraction of sp³-hybridized carbons (Fsp3) is 0.214. The Hall–Kier alpha value is -1.20. The largest absolute Gasteiger partial charge is 0.321 e. The van der Waals surface area contributed by atoms with Gasteiger partial charge in [-0.05, 0) is 64.0 Å². The van der Waals surface area contributed by atoms with Crippen molar-refractivity contribution in [1.82, 2.24) is 0 Å². The van der Waals surface area contributed by atoms with Crippen molar-refractivity contribution in [2.75, 3.05) is 5.32 Å². The number of hydrogen-bond donors (Lipinski definition) is 1. The van der Waals surface area contributed by atoms with Gasteiger partial charge in [-0.1, -0.05) is 6.92 Å². The molecule has 1 aromatic heterocycles. The molecule has 1 amide bonds. The van der Waals surface area contributed by atoms with Crippen LogP contribution in [0.25, 0.3) is 0 Å². The van der Waals surface area contributed by atoms with Crippen LogP contribution in [-0.4, -0.2) is 5.91 Å². The standard InChI is InChI=1S/C14H13BrFNOS/c1-3-9-4-5-19-13(9)14(18)17-12-7-10(15)11(16)6-8(12)2/h4-7H,3H2,1-2H3,(H,17,18). The molecular weight excluding hydrogens is 329 g/mol. The molecule has 0 aliphatic heterocycles. The van der Waals surface area contributed by atoms with Crippen LogP contribution >= 0.6 is 27.3 Å². The van der Waals surface area contributed by atoms with Crippen LogP contribution in [-0.2, 0) is 6.42 Å². The van der Waals surface area contributed by atoms with Crippen molar-refractivity contribution in [3.05, 3.63) is 49.9 Å². The van der Waals surface area contributed by atoms with Crippen molar-refractivity contribution in [3.63, 3.8) is 0 Å². The monoisotopic (exact) mass is 341 g/mol. The zero-order chi connectivity index (χ0) is 14.0. The third-order valence-corrected chi connectivity index (χ3v) is 4.41. The molecule has 100 valence electrons. The van der Waals surface area contributed by atoms with E-state index in [2.05, 4.69) is 21.2 Å². The van der Waals surface area contributed by atoms with Crippen LogP contribution in [0.4, 0.5) is 10.1 Å². The van der Waals surface area contributed by atoms with Gasteiger partial charge in [0.2, 0.25) is 0 Å². The molecule has 5 heteroatoms. The summed E-state index contributed by atoms with van der Waals surface area (Å²) in [6, 6.07) is 4.93. The summed E-state index contributed by atoms with van der Waals surface area (Å²) >= 11 is 4.54. The van der Waals surface area contributed by atoms with Gasteiger partial charge in [-0.15, -0.1) is 11.3 Å². The van der Waals surface area contributed by atoms with Gasteiger partial charge in [0.1, 0.15) is 5.82 Å². The van der Waals surface area contributed by atoms with Gasteiger partial charge < -0.3 is 5.32 Å². The SMILES string of the molecule is CCc1ccsc1C(=O)Nc1cc(Br)c(F)cc1C. The molecule has 1 N–H and O–H groups in total. The minimum absolute atomic E-state index is 0.145. The van der Waals surface area contributed by atoms with Crippen molar-refractivity contribution in [3.8, 4) is 0 Å². The maximum absolute atomic E-state index is 13.3. The number of anilines is 1. The van der Waals surface area contributed by atoms with Gasteiger partial charge in [0.05, 0.1) is 9.35 Å². The lowest BCUT2D eigenvalue weighted by Crippen LogP contribution is -2.13. The number of nitrogens with one attached hydrogen (secondary N) is 1. The first-order valence-corrected chi connectivity index (χ1v) is 7.53. The lowest BCUT2D eigenvalue weighted by molar-refractivity contribution is 0.102. The van der Waals surface area contributed by atoms with E-state index >= 15 is 0 Å². The average Bonchev–Trinajstić information content (AvgIpc) is 2.84. The molecule has 19 heavy (non-hydrogen) atoms. The third-order valence-electron chi connectivity index (χ3n) is 2.85. The smallest absolute Gasteiger partial charge is 0.266 e. The molecule has 2 aromatic rings. The Morgan fingerprint density at radius 1 is 1.47 bits per heavy atom. The van der Waals surface area contributed by atoms with Gasteiger partial charge in [0.15, 0.2) is 0 Å². The molecular formula is C14H13BrFNOS. The quantitative estimate of drug-likeness (QED) is 0.855. The highest BCUT2D eigenvalue weighted by atomic mass is 79.9. The maximum Gasteiger partial charge on any atom is 0.266 e. The normalized spacial score (nSPS) is 10.5. The highest BCUT2D eigenvalue weighted by Crippen LogP contribution is 2.26. The highest BCUT2D eigenvalue weighted by molar-refractivity contribution is 9.10. The van der Waals surface area contributed by atoms with Crippen LogP contribution in [0, 0.1) is 12.7 Å². The molecule has 0 bridgehead atoms. The van der Waals surface area contributed by atoms with Crippen molar-refractivity contribution >= 4 is 38.9 Å². The Balaban J connectivity index is 2.27.